The molecule has 0 spiro atoms. The highest BCUT2D eigenvalue weighted by molar-refractivity contribution is 5.75. The second-order valence-electron chi connectivity index (χ2n) is 10.4. The molecule has 38 heavy (non-hydrogen) atoms. The summed E-state index contributed by atoms with van der Waals surface area (Å²) in [6.45, 7) is 5.06. The molecule has 2 fully saturated rings. The Balaban J connectivity index is 1.22. The normalized spacial score (nSPS) is 16.6. The maximum atomic E-state index is 11.8. The van der Waals surface area contributed by atoms with Crippen molar-refractivity contribution in [1.82, 2.24) is 24.8 Å². The molecule has 2 aliphatic heterocycles. The van der Waals surface area contributed by atoms with Gasteiger partial charge in [0.1, 0.15) is 5.82 Å². The molecule has 0 aliphatic carbocycles. The van der Waals surface area contributed by atoms with Gasteiger partial charge >= 0.3 is 0 Å². The molecule has 194 valence electrons. The fourth-order valence-corrected chi connectivity index (χ4v) is 5.59. The standard InChI is InChI=1S/C30H32N6O2/c1-20(38)35-12-10-23(11-13-35)25-15-32-30(24-8-6-21(19-37)7-9-24)34-28(25)14-22-17-36(18-22)29-16-31-26-4-2-3-5-27(26)33-29/h2-9,15-16,22-23,37H,10-14,17-19H2,1H3. The Kier molecular flexibility index (Phi) is 6.72. The highest BCUT2D eigenvalue weighted by Crippen LogP contribution is 2.34. The van der Waals surface area contributed by atoms with Gasteiger partial charge in [-0.2, -0.15) is 0 Å². The van der Waals surface area contributed by atoms with Crippen molar-refractivity contribution in [3.63, 3.8) is 0 Å². The van der Waals surface area contributed by atoms with E-state index in [2.05, 4.69) is 9.88 Å². The fourth-order valence-electron chi connectivity index (χ4n) is 5.59. The molecule has 4 aromatic rings. The summed E-state index contributed by atoms with van der Waals surface area (Å²) in [5.74, 6) is 2.61. The zero-order valence-electron chi connectivity index (χ0n) is 21.6. The second kappa shape index (κ2) is 10.5. The van der Waals surface area contributed by atoms with Crippen molar-refractivity contribution < 1.29 is 9.90 Å². The summed E-state index contributed by atoms with van der Waals surface area (Å²) in [5.41, 5.74) is 5.97. The molecule has 0 radical (unpaired) electrons. The van der Waals surface area contributed by atoms with E-state index >= 15 is 0 Å². The summed E-state index contributed by atoms with van der Waals surface area (Å²) in [6.07, 6.45) is 6.63. The molecule has 1 N–H and O–H groups in total. The first-order valence-electron chi connectivity index (χ1n) is 13.4. The van der Waals surface area contributed by atoms with Crippen LogP contribution < -0.4 is 4.90 Å². The van der Waals surface area contributed by atoms with E-state index in [-0.39, 0.29) is 12.5 Å². The van der Waals surface area contributed by atoms with E-state index in [4.69, 9.17) is 15.0 Å². The van der Waals surface area contributed by atoms with Crippen LogP contribution in [0.1, 0.15) is 42.5 Å². The van der Waals surface area contributed by atoms with E-state index < -0.39 is 0 Å². The number of nitrogens with zero attached hydrogens (tertiary/aromatic N) is 6. The minimum Gasteiger partial charge on any atom is -0.392 e. The van der Waals surface area contributed by atoms with Gasteiger partial charge in [-0.05, 0) is 54.4 Å². The zero-order valence-corrected chi connectivity index (χ0v) is 21.6. The maximum Gasteiger partial charge on any atom is 0.219 e. The molecule has 8 nitrogen and oxygen atoms in total. The molecule has 6 rings (SSSR count). The van der Waals surface area contributed by atoms with Crippen LogP contribution in [-0.4, -0.2) is 62.0 Å². The number of aliphatic hydroxyl groups is 1. The van der Waals surface area contributed by atoms with Gasteiger partial charge in [0.15, 0.2) is 5.82 Å². The predicted octanol–water partition coefficient (Wildman–Crippen LogP) is 3.98. The van der Waals surface area contributed by atoms with E-state index in [1.807, 2.05) is 65.8 Å². The number of likely N-dealkylation sites (tertiary alicyclic amines) is 1. The number of hydrogen-bond acceptors (Lipinski definition) is 7. The Labute approximate surface area is 222 Å². The molecule has 0 unspecified atom stereocenters. The summed E-state index contributed by atoms with van der Waals surface area (Å²) < 4.78 is 0. The monoisotopic (exact) mass is 508 g/mol. The number of benzene rings is 2. The van der Waals surface area contributed by atoms with Crippen LogP contribution in [0.3, 0.4) is 0 Å². The van der Waals surface area contributed by atoms with Crippen LogP contribution in [0.25, 0.3) is 22.4 Å². The molecule has 2 saturated heterocycles. The summed E-state index contributed by atoms with van der Waals surface area (Å²) in [7, 11) is 0. The third-order valence-electron chi connectivity index (χ3n) is 7.87. The summed E-state index contributed by atoms with van der Waals surface area (Å²) in [5, 5.41) is 9.40. The first kappa shape index (κ1) is 24.4. The quantitative estimate of drug-likeness (QED) is 0.421. The number of anilines is 1. The molecular formula is C30H32N6O2. The minimum absolute atomic E-state index is 0.0179. The number of piperidine rings is 1. The van der Waals surface area contributed by atoms with Gasteiger partial charge in [0.2, 0.25) is 5.91 Å². The smallest absolute Gasteiger partial charge is 0.219 e. The fraction of sp³-hybridized carbons (Fsp3) is 0.367. The van der Waals surface area contributed by atoms with E-state index in [0.717, 1.165) is 79.1 Å². The van der Waals surface area contributed by atoms with Crippen LogP contribution in [0.5, 0.6) is 0 Å². The lowest BCUT2D eigenvalue weighted by Gasteiger charge is -2.40. The van der Waals surface area contributed by atoms with Crippen LogP contribution in [0.4, 0.5) is 5.82 Å². The Morgan fingerprint density at radius 3 is 2.39 bits per heavy atom. The van der Waals surface area contributed by atoms with E-state index in [9.17, 15) is 9.90 Å². The third kappa shape index (κ3) is 4.96. The Morgan fingerprint density at radius 2 is 1.68 bits per heavy atom. The Morgan fingerprint density at radius 1 is 0.947 bits per heavy atom. The van der Waals surface area contributed by atoms with Gasteiger partial charge in [0.05, 0.1) is 23.8 Å². The molecule has 4 heterocycles. The lowest BCUT2D eigenvalue weighted by atomic mass is 9.85. The molecule has 0 atom stereocenters. The molecule has 0 saturated carbocycles. The first-order chi connectivity index (χ1) is 18.6. The van der Waals surface area contributed by atoms with Crippen LogP contribution in [0.2, 0.25) is 0 Å². The largest absolute Gasteiger partial charge is 0.392 e. The second-order valence-corrected chi connectivity index (χ2v) is 10.4. The molecule has 0 bridgehead atoms. The number of para-hydroxylation sites is 2. The highest BCUT2D eigenvalue weighted by atomic mass is 16.3. The maximum absolute atomic E-state index is 11.8. The van der Waals surface area contributed by atoms with Gasteiger partial charge in [0, 0.05) is 50.6 Å². The number of hydrogen-bond donors (Lipinski definition) is 1. The number of carbonyl (C=O) groups is 1. The van der Waals surface area contributed by atoms with Gasteiger partial charge in [-0.25, -0.2) is 15.0 Å². The Bertz CT molecular complexity index is 1440. The summed E-state index contributed by atoms with van der Waals surface area (Å²) >= 11 is 0. The SMILES string of the molecule is CC(=O)N1CCC(c2cnc(-c3ccc(CO)cc3)nc2CC2CN(c3cnc4ccccc4n3)C2)CC1. The van der Waals surface area contributed by atoms with Crippen molar-refractivity contribution >= 4 is 22.8 Å². The van der Waals surface area contributed by atoms with Crippen molar-refractivity contribution in [2.75, 3.05) is 31.1 Å². The molecular weight excluding hydrogens is 476 g/mol. The van der Waals surface area contributed by atoms with Crippen molar-refractivity contribution in [3.05, 3.63) is 77.7 Å². The van der Waals surface area contributed by atoms with E-state index in [0.29, 0.717) is 17.7 Å². The van der Waals surface area contributed by atoms with Crippen molar-refractivity contribution in [2.24, 2.45) is 5.92 Å². The lowest BCUT2D eigenvalue weighted by Crippen LogP contribution is -2.48. The van der Waals surface area contributed by atoms with Gasteiger partial charge in [-0.3, -0.25) is 9.78 Å². The zero-order chi connectivity index (χ0) is 26.1. The van der Waals surface area contributed by atoms with Crippen LogP contribution in [-0.2, 0) is 17.8 Å². The first-order valence-corrected chi connectivity index (χ1v) is 13.4. The molecule has 1 amide bonds. The summed E-state index contributed by atoms with van der Waals surface area (Å²) in [4.78, 5) is 35.3. The van der Waals surface area contributed by atoms with Crippen LogP contribution in [0.15, 0.2) is 60.9 Å². The van der Waals surface area contributed by atoms with Gasteiger partial charge < -0.3 is 14.9 Å². The molecule has 2 aromatic carbocycles. The predicted molar refractivity (Wildman–Crippen MR) is 147 cm³/mol. The van der Waals surface area contributed by atoms with Crippen molar-refractivity contribution in [3.8, 4) is 11.4 Å². The highest BCUT2D eigenvalue weighted by Gasteiger charge is 2.31. The van der Waals surface area contributed by atoms with Gasteiger partial charge in [-0.15, -0.1) is 0 Å². The third-order valence-corrected chi connectivity index (χ3v) is 7.87. The molecule has 2 aliphatic rings. The number of aliphatic hydroxyl groups excluding tert-OH is 1. The van der Waals surface area contributed by atoms with Crippen LogP contribution in [0, 0.1) is 5.92 Å². The lowest BCUT2D eigenvalue weighted by molar-refractivity contribution is -0.129. The van der Waals surface area contributed by atoms with Crippen molar-refractivity contribution in [2.45, 2.75) is 38.7 Å². The molecule has 2 aromatic heterocycles. The Hall–Kier alpha value is -3.91. The number of amides is 1. The number of fused-ring (bicyclic) bond motifs is 1. The average molecular weight is 509 g/mol. The number of carbonyl (C=O) groups excluding carboxylic acids is 1. The average Bonchev–Trinajstić information content (AvgIpc) is 2.94. The summed E-state index contributed by atoms with van der Waals surface area (Å²) in [6, 6.07) is 15.7. The van der Waals surface area contributed by atoms with Crippen molar-refractivity contribution in [1.29, 1.82) is 0 Å². The van der Waals surface area contributed by atoms with Gasteiger partial charge in [0.25, 0.3) is 0 Å². The minimum atomic E-state index is 0.0179. The van der Waals surface area contributed by atoms with Crippen LogP contribution >= 0.6 is 0 Å². The number of aromatic nitrogens is 4. The van der Waals surface area contributed by atoms with E-state index in [1.54, 1.807) is 6.92 Å². The topological polar surface area (TPSA) is 95.3 Å². The van der Waals surface area contributed by atoms with Gasteiger partial charge in [-0.1, -0.05) is 36.4 Å². The van der Waals surface area contributed by atoms with E-state index in [1.165, 1.54) is 5.56 Å². The molecule has 8 heteroatoms. The number of rotatable bonds is 6.